The lowest BCUT2D eigenvalue weighted by Crippen LogP contribution is -2.65. The summed E-state index contributed by atoms with van der Waals surface area (Å²) in [5.41, 5.74) is 0.914. The lowest BCUT2D eigenvalue weighted by molar-refractivity contribution is -0.357. The standard InChI is InChI=1S/C29H36O15/c1-13-22(36)23(37)24(38)29(41-13)44-27-25(39)28(40-9-8-15-3-6-17(32)19(34)11-15)42-20(12-30)26(27)43-21(35)7-4-14-2-5-16(31)18(33)10-14/h2-7,10-11,13,20,22-34,36-39H,8-9,12H2,1H3/t13-,20+,22+,23+,24+,25+,26+,27-,28+,29-/m0/s1. The first-order chi connectivity index (χ1) is 20.9. The van der Waals surface area contributed by atoms with Crippen LogP contribution in [0.3, 0.4) is 0 Å². The molecule has 2 aromatic rings. The minimum Gasteiger partial charge on any atom is -0.504 e. The largest absolute Gasteiger partial charge is 0.504 e. The molecular formula is C29H36O15. The minimum atomic E-state index is -1.77. The number of phenolic OH excluding ortho intramolecular Hbond substituents is 4. The third-order valence-corrected chi connectivity index (χ3v) is 7.27. The fourth-order valence-electron chi connectivity index (χ4n) is 4.76. The average molecular weight is 625 g/mol. The van der Waals surface area contributed by atoms with Crippen molar-refractivity contribution in [2.24, 2.45) is 0 Å². The quantitative estimate of drug-likeness (QED) is 0.0873. The van der Waals surface area contributed by atoms with Crippen LogP contribution >= 0.6 is 0 Å². The second kappa shape index (κ2) is 14.5. The van der Waals surface area contributed by atoms with Crippen LogP contribution in [0.15, 0.2) is 42.5 Å². The summed E-state index contributed by atoms with van der Waals surface area (Å²) in [7, 11) is 0. The molecule has 0 aromatic heterocycles. The fourth-order valence-corrected chi connectivity index (χ4v) is 4.76. The zero-order valence-electron chi connectivity index (χ0n) is 23.5. The summed E-state index contributed by atoms with van der Waals surface area (Å²) in [4.78, 5) is 12.8. The lowest BCUT2D eigenvalue weighted by Gasteiger charge is -2.46. The van der Waals surface area contributed by atoms with Crippen molar-refractivity contribution in [3.8, 4) is 23.0 Å². The van der Waals surface area contributed by atoms with Crippen LogP contribution in [-0.4, -0.2) is 127 Å². The molecule has 2 saturated heterocycles. The van der Waals surface area contributed by atoms with Crippen LogP contribution in [0.2, 0.25) is 0 Å². The highest BCUT2D eigenvalue weighted by atomic mass is 16.7. The molecule has 44 heavy (non-hydrogen) atoms. The Morgan fingerprint density at radius 3 is 2.16 bits per heavy atom. The molecule has 2 aromatic carbocycles. The smallest absolute Gasteiger partial charge is 0.331 e. The van der Waals surface area contributed by atoms with Gasteiger partial charge in [-0.15, -0.1) is 0 Å². The second-order valence-electron chi connectivity index (χ2n) is 10.4. The third kappa shape index (κ3) is 7.76. The van der Waals surface area contributed by atoms with Gasteiger partial charge in [-0.3, -0.25) is 0 Å². The number of hydrogen-bond acceptors (Lipinski definition) is 15. The van der Waals surface area contributed by atoms with Gasteiger partial charge in [0.1, 0.15) is 36.6 Å². The predicted octanol–water partition coefficient (Wildman–Crippen LogP) is -1.02. The predicted molar refractivity (Wildman–Crippen MR) is 147 cm³/mol. The first-order valence-electron chi connectivity index (χ1n) is 13.7. The van der Waals surface area contributed by atoms with Gasteiger partial charge < -0.3 is 69.6 Å². The van der Waals surface area contributed by atoms with E-state index in [0.717, 1.165) is 6.08 Å². The molecular weight excluding hydrogens is 588 g/mol. The molecule has 15 nitrogen and oxygen atoms in total. The molecule has 4 rings (SSSR count). The Balaban J connectivity index is 1.52. The molecule has 0 unspecified atom stereocenters. The zero-order chi connectivity index (χ0) is 32.1. The van der Waals surface area contributed by atoms with E-state index in [1.807, 2.05) is 0 Å². The maximum atomic E-state index is 12.8. The SMILES string of the molecule is C[C@@H]1O[C@@H](O[C@H]2[C@@H](O)[C@H](OCCc3ccc(O)c(O)c3)O[C@H](CO)[C@H]2OC(=O)C=Cc2ccc(O)c(O)c2)[C@H](O)[C@H](O)[C@@H]1O. The number of benzene rings is 2. The molecule has 2 fully saturated rings. The maximum Gasteiger partial charge on any atom is 0.331 e. The van der Waals surface area contributed by atoms with Gasteiger partial charge in [-0.1, -0.05) is 12.1 Å². The number of aliphatic hydroxyl groups excluding tert-OH is 5. The number of aliphatic hydroxyl groups is 5. The first kappa shape index (κ1) is 33.4. The van der Waals surface area contributed by atoms with Gasteiger partial charge in [0.2, 0.25) is 0 Å². The fraction of sp³-hybridized carbons (Fsp3) is 0.483. The van der Waals surface area contributed by atoms with E-state index in [4.69, 9.17) is 23.7 Å². The molecule has 2 aliphatic rings. The Bertz CT molecular complexity index is 1300. The topological polar surface area (TPSA) is 245 Å². The van der Waals surface area contributed by atoms with Crippen LogP contribution in [-0.2, 0) is 34.9 Å². The second-order valence-corrected chi connectivity index (χ2v) is 10.4. The van der Waals surface area contributed by atoms with E-state index in [0.29, 0.717) is 11.1 Å². The third-order valence-electron chi connectivity index (χ3n) is 7.27. The van der Waals surface area contributed by atoms with Crippen LogP contribution < -0.4 is 0 Å². The molecule has 15 heteroatoms. The van der Waals surface area contributed by atoms with Crippen LogP contribution in [0.1, 0.15) is 18.1 Å². The van der Waals surface area contributed by atoms with Crippen molar-refractivity contribution in [2.75, 3.05) is 13.2 Å². The Morgan fingerprint density at radius 2 is 1.50 bits per heavy atom. The summed E-state index contributed by atoms with van der Waals surface area (Å²) in [6.45, 7) is 0.606. The number of carbonyl (C=O) groups is 1. The molecule has 10 atom stereocenters. The van der Waals surface area contributed by atoms with Crippen LogP contribution in [0.5, 0.6) is 23.0 Å². The summed E-state index contributed by atoms with van der Waals surface area (Å²) >= 11 is 0. The number of rotatable bonds is 10. The molecule has 0 aliphatic carbocycles. The van der Waals surface area contributed by atoms with Crippen LogP contribution in [0.25, 0.3) is 6.08 Å². The number of carbonyl (C=O) groups excluding carboxylic acids is 1. The van der Waals surface area contributed by atoms with E-state index in [1.165, 1.54) is 43.3 Å². The summed E-state index contributed by atoms with van der Waals surface area (Å²) < 4.78 is 28.2. The van der Waals surface area contributed by atoms with Gasteiger partial charge in [0.25, 0.3) is 0 Å². The summed E-state index contributed by atoms with van der Waals surface area (Å²) in [5, 5.41) is 90.5. The first-order valence-corrected chi connectivity index (χ1v) is 13.7. The Morgan fingerprint density at radius 1 is 0.818 bits per heavy atom. The molecule has 0 radical (unpaired) electrons. The van der Waals surface area contributed by atoms with Gasteiger partial charge in [0.15, 0.2) is 41.7 Å². The molecule has 9 N–H and O–H groups in total. The molecule has 0 spiro atoms. The maximum absolute atomic E-state index is 12.8. The van der Waals surface area contributed by atoms with Gasteiger partial charge >= 0.3 is 5.97 Å². The van der Waals surface area contributed by atoms with E-state index in [1.54, 1.807) is 6.07 Å². The number of ether oxygens (including phenoxy) is 5. The number of esters is 1. The summed E-state index contributed by atoms with van der Waals surface area (Å²) in [5.74, 6) is -2.40. The number of phenols is 4. The molecule has 0 bridgehead atoms. The summed E-state index contributed by atoms with van der Waals surface area (Å²) in [6, 6.07) is 7.98. The Labute approximate surface area is 251 Å². The van der Waals surface area contributed by atoms with Crippen molar-refractivity contribution in [1.29, 1.82) is 0 Å². The molecule has 0 saturated carbocycles. The normalized spacial score (nSPS) is 32.5. The highest BCUT2D eigenvalue weighted by molar-refractivity contribution is 5.87. The highest BCUT2D eigenvalue weighted by Gasteiger charge is 2.52. The van der Waals surface area contributed by atoms with Gasteiger partial charge in [-0.2, -0.15) is 0 Å². The van der Waals surface area contributed by atoms with Gasteiger partial charge in [0, 0.05) is 6.08 Å². The Kier molecular flexibility index (Phi) is 11.0. The molecule has 242 valence electrons. The van der Waals surface area contributed by atoms with Crippen molar-refractivity contribution in [1.82, 2.24) is 0 Å². The van der Waals surface area contributed by atoms with E-state index in [2.05, 4.69) is 0 Å². The van der Waals surface area contributed by atoms with Gasteiger partial charge in [-0.05, 0) is 54.8 Å². The molecule has 2 heterocycles. The Hall–Kier alpha value is -3.51. The van der Waals surface area contributed by atoms with Gasteiger partial charge in [0.05, 0.1) is 19.3 Å². The van der Waals surface area contributed by atoms with E-state index < -0.39 is 79.7 Å². The van der Waals surface area contributed by atoms with E-state index in [9.17, 15) is 50.8 Å². The van der Waals surface area contributed by atoms with Crippen molar-refractivity contribution in [2.45, 2.75) is 74.8 Å². The lowest BCUT2D eigenvalue weighted by atomic mass is 9.97. The average Bonchev–Trinajstić information content (AvgIpc) is 2.99. The van der Waals surface area contributed by atoms with E-state index in [-0.39, 0.29) is 30.3 Å². The monoisotopic (exact) mass is 624 g/mol. The number of aromatic hydroxyl groups is 4. The molecule has 0 amide bonds. The zero-order valence-corrected chi connectivity index (χ0v) is 23.5. The summed E-state index contributed by atoms with van der Waals surface area (Å²) in [6.07, 6.45) is -12.6. The highest BCUT2D eigenvalue weighted by Crippen LogP contribution is 2.32. The van der Waals surface area contributed by atoms with Crippen molar-refractivity contribution in [3.63, 3.8) is 0 Å². The van der Waals surface area contributed by atoms with Gasteiger partial charge in [-0.25, -0.2) is 4.79 Å². The molecule has 2 aliphatic heterocycles. The van der Waals surface area contributed by atoms with Crippen molar-refractivity contribution >= 4 is 12.0 Å². The van der Waals surface area contributed by atoms with Crippen LogP contribution in [0, 0.1) is 0 Å². The number of hydrogen-bond donors (Lipinski definition) is 9. The van der Waals surface area contributed by atoms with E-state index >= 15 is 0 Å². The van der Waals surface area contributed by atoms with Crippen molar-refractivity contribution in [3.05, 3.63) is 53.6 Å². The van der Waals surface area contributed by atoms with Crippen LogP contribution in [0.4, 0.5) is 0 Å². The minimum absolute atomic E-state index is 0.0754. The van der Waals surface area contributed by atoms with Crippen molar-refractivity contribution < 1.29 is 74.4 Å².